The fourth-order valence-electron chi connectivity index (χ4n) is 0.815. The summed E-state index contributed by atoms with van der Waals surface area (Å²) in [4.78, 5) is 18.8. The molecule has 19 heavy (non-hydrogen) atoms. The zero-order valence-electron chi connectivity index (χ0n) is 10.7. The minimum Gasteiger partial charge on any atom is -0.328 e. The van der Waals surface area contributed by atoms with Crippen LogP contribution in [0.4, 0.5) is 0 Å². The molecule has 0 aliphatic rings. The zero-order chi connectivity index (χ0) is 14.5. The third kappa shape index (κ3) is 14.3. The van der Waals surface area contributed by atoms with Crippen molar-refractivity contribution in [3.05, 3.63) is 0 Å². The molecule has 0 aromatic carbocycles. The summed E-state index contributed by atoms with van der Waals surface area (Å²) in [7, 11) is -3.78. The average molecular weight is 446 g/mol. The van der Waals surface area contributed by atoms with E-state index >= 15 is 0 Å². The summed E-state index contributed by atoms with van der Waals surface area (Å²) in [5.41, 5.74) is 0. The fraction of sp³-hybridized carbons (Fsp3) is 1.00. The molecule has 0 aliphatic carbocycles. The van der Waals surface area contributed by atoms with E-state index in [0.29, 0.717) is 13.2 Å². The van der Waals surface area contributed by atoms with Crippen molar-refractivity contribution in [3.63, 3.8) is 0 Å². The van der Waals surface area contributed by atoms with Gasteiger partial charge in [0.2, 0.25) is 0 Å². The van der Waals surface area contributed by atoms with Crippen molar-refractivity contribution in [1.82, 2.24) is 0 Å². The molecule has 0 saturated heterocycles. The molecule has 6 nitrogen and oxygen atoms in total. The van der Waals surface area contributed by atoms with Crippen molar-refractivity contribution in [1.29, 1.82) is 0 Å². The van der Waals surface area contributed by atoms with Gasteiger partial charge < -0.3 is 27.9 Å². The number of rotatable bonds is 13. The van der Waals surface area contributed by atoms with Crippen LogP contribution in [0, 0.1) is 0 Å². The maximum atomic E-state index is 9.44. The van der Waals surface area contributed by atoms with Crippen molar-refractivity contribution in [2.45, 2.75) is 25.9 Å². The predicted octanol–water partition coefficient (Wildman–Crippen LogP) is 3.45. The smallest absolute Gasteiger partial charge is 0.328 e. The van der Waals surface area contributed by atoms with Gasteiger partial charge in [-0.25, -0.2) is 0 Å². The number of hydrogen-bond acceptors (Lipinski definition) is 6. The summed E-state index contributed by atoms with van der Waals surface area (Å²) in [6.45, 7) is 2.73. The largest absolute Gasteiger partial charge is 0.330 e. The lowest BCUT2D eigenvalue weighted by molar-refractivity contribution is 0.0969. The molecule has 10 heteroatoms. The molecule has 0 aromatic heterocycles. The van der Waals surface area contributed by atoms with Gasteiger partial charge in [-0.05, 0) is 19.8 Å². The number of halogens is 2. The lowest BCUT2D eigenvalue weighted by Crippen LogP contribution is -2.13. The van der Waals surface area contributed by atoms with Crippen molar-refractivity contribution < 1.29 is 27.9 Å². The molecule has 0 fully saturated rings. The monoisotopic (exact) mass is 444 g/mol. The average Bonchev–Trinajstić information content (AvgIpc) is 2.37. The third-order valence-electron chi connectivity index (χ3n) is 1.65. The van der Waals surface area contributed by atoms with Gasteiger partial charge in [-0.3, -0.25) is 0 Å². The standard InChI is InChI=1S/C9H20Br2O6P2/c1-9(17-19(13)15-7-3-5-11)8-16-18(12)14-6-2-4-10/h9,12-13H,2-8H2,1H3. The first-order chi connectivity index (χ1) is 9.10. The SMILES string of the molecule is CC(COP(O)OCCCBr)OP(O)OCCCBr. The Labute approximate surface area is 133 Å². The van der Waals surface area contributed by atoms with E-state index in [2.05, 4.69) is 31.9 Å². The Kier molecular flexibility index (Phi) is 15.7. The lowest BCUT2D eigenvalue weighted by Gasteiger charge is -2.17. The maximum Gasteiger partial charge on any atom is 0.330 e. The van der Waals surface area contributed by atoms with Crippen molar-refractivity contribution >= 4 is 49.1 Å². The fourth-order valence-corrected chi connectivity index (χ4v) is 2.69. The van der Waals surface area contributed by atoms with Crippen LogP contribution in [0.15, 0.2) is 0 Å². The van der Waals surface area contributed by atoms with Crippen molar-refractivity contribution in [2.75, 3.05) is 30.5 Å². The summed E-state index contributed by atoms with van der Waals surface area (Å²) in [6.07, 6.45) is 1.23. The molecular weight excluding hydrogens is 426 g/mol. The van der Waals surface area contributed by atoms with Crippen LogP contribution < -0.4 is 0 Å². The molecule has 0 saturated carbocycles. The Morgan fingerprint density at radius 2 is 1.47 bits per heavy atom. The van der Waals surface area contributed by atoms with E-state index in [0.717, 1.165) is 23.5 Å². The van der Waals surface area contributed by atoms with Gasteiger partial charge in [-0.15, -0.1) is 0 Å². The van der Waals surface area contributed by atoms with Crippen LogP contribution in [-0.2, 0) is 18.1 Å². The second-order valence-electron chi connectivity index (χ2n) is 3.44. The van der Waals surface area contributed by atoms with E-state index in [9.17, 15) is 9.79 Å². The van der Waals surface area contributed by atoms with E-state index in [-0.39, 0.29) is 12.7 Å². The summed E-state index contributed by atoms with van der Waals surface area (Å²) < 4.78 is 20.3. The second-order valence-corrected chi connectivity index (χ2v) is 6.96. The van der Waals surface area contributed by atoms with Crippen molar-refractivity contribution in [2.24, 2.45) is 0 Å². The molecule has 0 spiro atoms. The normalized spacial score (nSPS) is 16.3. The second kappa shape index (κ2) is 14.5. The molecule has 0 radical (unpaired) electrons. The molecular formula is C9H20Br2O6P2. The zero-order valence-corrected chi connectivity index (χ0v) is 15.7. The molecule has 3 unspecified atom stereocenters. The van der Waals surface area contributed by atoms with Gasteiger partial charge in [0.05, 0.1) is 25.9 Å². The number of alkyl halides is 2. The maximum absolute atomic E-state index is 9.44. The minimum absolute atomic E-state index is 0.137. The molecule has 0 amide bonds. The molecule has 0 aliphatic heterocycles. The predicted molar refractivity (Wildman–Crippen MR) is 83.5 cm³/mol. The Hall–Kier alpha value is 1.58. The third-order valence-corrected chi connectivity index (χ3v) is 4.49. The molecule has 0 heterocycles. The topological polar surface area (TPSA) is 77.4 Å². The summed E-state index contributed by atoms with van der Waals surface area (Å²) in [5, 5.41) is 1.63. The first kappa shape index (κ1) is 20.6. The van der Waals surface area contributed by atoms with Crippen LogP contribution in [0.25, 0.3) is 0 Å². The van der Waals surface area contributed by atoms with Crippen LogP contribution in [0.5, 0.6) is 0 Å². The van der Waals surface area contributed by atoms with Gasteiger partial charge in [0.25, 0.3) is 0 Å². The molecule has 0 rings (SSSR count). The van der Waals surface area contributed by atoms with E-state index in [4.69, 9.17) is 18.1 Å². The molecule has 0 bridgehead atoms. The first-order valence-electron chi connectivity index (χ1n) is 5.75. The quantitative estimate of drug-likeness (QED) is 0.257. The highest BCUT2D eigenvalue weighted by atomic mass is 79.9. The Morgan fingerprint density at radius 3 is 2.00 bits per heavy atom. The Morgan fingerprint density at radius 1 is 0.947 bits per heavy atom. The van der Waals surface area contributed by atoms with Gasteiger partial charge in [-0.1, -0.05) is 31.9 Å². The minimum atomic E-state index is -1.90. The number of hydrogen-bond donors (Lipinski definition) is 2. The highest BCUT2D eigenvalue weighted by molar-refractivity contribution is 9.09. The van der Waals surface area contributed by atoms with Gasteiger partial charge in [0, 0.05) is 10.7 Å². The van der Waals surface area contributed by atoms with E-state index in [1.807, 2.05) is 0 Å². The molecule has 3 atom stereocenters. The summed E-state index contributed by atoms with van der Waals surface area (Å²) in [5.74, 6) is 0. The summed E-state index contributed by atoms with van der Waals surface area (Å²) in [6, 6.07) is 0. The van der Waals surface area contributed by atoms with Crippen LogP contribution in [0.1, 0.15) is 19.8 Å². The van der Waals surface area contributed by atoms with Gasteiger partial charge in [0.1, 0.15) is 0 Å². The first-order valence-corrected chi connectivity index (χ1v) is 10.3. The molecule has 2 N–H and O–H groups in total. The molecule has 116 valence electrons. The van der Waals surface area contributed by atoms with Gasteiger partial charge >= 0.3 is 17.2 Å². The van der Waals surface area contributed by atoms with Crippen molar-refractivity contribution in [3.8, 4) is 0 Å². The van der Waals surface area contributed by atoms with E-state index < -0.39 is 17.2 Å². The van der Waals surface area contributed by atoms with E-state index in [1.54, 1.807) is 6.92 Å². The highest BCUT2D eigenvalue weighted by Gasteiger charge is 2.15. The van der Waals surface area contributed by atoms with Gasteiger partial charge in [0.15, 0.2) is 0 Å². The summed E-state index contributed by atoms with van der Waals surface area (Å²) >= 11 is 6.52. The van der Waals surface area contributed by atoms with Crippen LogP contribution in [0.3, 0.4) is 0 Å². The highest BCUT2D eigenvalue weighted by Crippen LogP contribution is 2.37. The Balaban J connectivity index is 3.53. The molecule has 0 aromatic rings. The van der Waals surface area contributed by atoms with E-state index in [1.165, 1.54) is 0 Å². The van der Waals surface area contributed by atoms with Crippen LogP contribution >= 0.6 is 49.1 Å². The van der Waals surface area contributed by atoms with Crippen LogP contribution in [0.2, 0.25) is 0 Å². The Bertz CT molecular complexity index is 206. The van der Waals surface area contributed by atoms with Gasteiger partial charge in [-0.2, -0.15) is 0 Å². The lowest BCUT2D eigenvalue weighted by atomic mass is 10.5. The van der Waals surface area contributed by atoms with Crippen LogP contribution in [-0.4, -0.2) is 46.4 Å².